The van der Waals surface area contributed by atoms with E-state index >= 15 is 0 Å². The Balaban J connectivity index is 1.94. The van der Waals surface area contributed by atoms with Crippen LogP contribution >= 0.6 is 22.9 Å². The summed E-state index contributed by atoms with van der Waals surface area (Å²) >= 11 is 7.58. The molecule has 0 fully saturated rings. The molecule has 0 aliphatic carbocycles. The number of carbonyl (C=O) groups excluding carboxylic acids is 1. The van der Waals surface area contributed by atoms with E-state index in [2.05, 4.69) is 5.32 Å². The van der Waals surface area contributed by atoms with Gasteiger partial charge >= 0.3 is 0 Å². The number of carbonyl (C=O) groups is 1. The molecule has 120 valence electrons. The fraction of sp³-hybridized carbons (Fsp3) is 0. The molecule has 7 heteroatoms. The Kier molecular flexibility index (Phi) is 4.59. The average Bonchev–Trinajstić information content (AvgIpc) is 3.09. The molecule has 0 radical (unpaired) electrons. The molecule has 0 aliphatic heterocycles. The molecular formula is C17H11ClN2O3S. The Bertz CT molecular complexity index is 910. The van der Waals surface area contributed by atoms with Crippen molar-refractivity contribution in [3.8, 4) is 10.4 Å². The molecular weight excluding hydrogens is 348 g/mol. The van der Waals surface area contributed by atoms with Crippen molar-refractivity contribution in [2.24, 2.45) is 0 Å². The van der Waals surface area contributed by atoms with Gasteiger partial charge in [-0.2, -0.15) is 0 Å². The van der Waals surface area contributed by atoms with Crippen LogP contribution in [0.25, 0.3) is 10.4 Å². The van der Waals surface area contributed by atoms with Gasteiger partial charge in [0.15, 0.2) is 0 Å². The van der Waals surface area contributed by atoms with Crippen LogP contribution in [0.1, 0.15) is 10.4 Å². The summed E-state index contributed by atoms with van der Waals surface area (Å²) < 4.78 is 0. The van der Waals surface area contributed by atoms with Crippen molar-refractivity contribution in [3.63, 3.8) is 0 Å². The molecule has 3 aromatic rings. The van der Waals surface area contributed by atoms with Gasteiger partial charge in [-0.3, -0.25) is 14.9 Å². The molecule has 24 heavy (non-hydrogen) atoms. The number of amides is 1. The van der Waals surface area contributed by atoms with Gasteiger partial charge in [0, 0.05) is 28.3 Å². The molecule has 0 saturated heterocycles. The maximum Gasteiger partial charge on any atom is 0.270 e. The van der Waals surface area contributed by atoms with Crippen molar-refractivity contribution in [1.82, 2.24) is 0 Å². The van der Waals surface area contributed by atoms with Crippen LogP contribution in [-0.2, 0) is 0 Å². The highest BCUT2D eigenvalue weighted by atomic mass is 35.5. The first-order valence-electron chi connectivity index (χ1n) is 6.94. The van der Waals surface area contributed by atoms with Crippen molar-refractivity contribution in [2.75, 3.05) is 5.32 Å². The fourth-order valence-electron chi connectivity index (χ4n) is 2.23. The van der Waals surface area contributed by atoms with Gasteiger partial charge in [-0.25, -0.2) is 0 Å². The number of hydrogen-bond donors (Lipinski definition) is 1. The Hall–Kier alpha value is -2.70. The molecule has 2 aromatic carbocycles. The van der Waals surface area contributed by atoms with E-state index in [-0.39, 0.29) is 16.3 Å². The predicted molar refractivity (Wildman–Crippen MR) is 95.8 cm³/mol. The molecule has 0 unspecified atom stereocenters. The summed E-state index contributed by atoms with van der Waals surface area (Å²) in [6, 6.07) is 15.0. The largest absolute Gasteiger partial charge is 0.321 e. The molecule has 0 aliphatic rings. The minimum Gasteiger partial charge on any atom is -0.321 e. The zero-order valence-electron chi connectivity index (χ0n) is 12.2. The Morgan fingerprint density at radius 2 is 1.92 bits per heavy atom. The second-order valence-electron chi connectivity index (χ2n) is 4.90. The first-order valence-corrected chi connectivity index (χ1v) is 8.20. The standard InChI is InChI=1S/C17H11ClN2O3S/c18-14-8-7-11(20(22)23)10-13(14)17(21)19-15-5-2-1-4-12(15)16-6-3-9-24-16/h1-10H,(H,19,21). The lowest BCUT2D eigenvalue weighted by Gasteiger charge is -2.10. The zero-order valence-corrected chi connectivity index (χ0v) is 13.8. The van der Waals surface area contributed by atoms with Crippen LogP contribution in [0.3, 0.4) is 0 Å². The van der Waals surface area contributed by atoms with Gasteiger partial charge in [-0.1, -0.05) is 35.9 Å². The van der Waals surface area contributed by atoms with E-state index in [1.54, 1.807) is 17.4 Å². The highest BCUT2D eigenvalue weighted by molar-refractivity contribution is 7.13. The summed E-state index contributed by atoms with van der Waals surface area (Å²) in [5.74, 6) is -0.493. The topological polar surface area (TPSA) is 72.2 Å². The van der Waals surface area contributed by atoms with E-state index in [4.69, 9.17) is 11.6 Å². The number of nitrogens with one attached hydrogen (secondary N) is 1. The van der Waals surface area contributed by atoms with E-state index in [0.29, 0.717) is 5.69 Å². The Labute approximate surface area is 146 Å². The number of nitro benzene ring substituents is 1. The van der Waals surface area contributed by atoms with Crippen LogP contribution in [-0.4, -0.2) is 10.8 Å². The third-order valence-corrected chi connectivity index (χ3v) is 4.60. The van der Waals surface area contributed by atoms with Gasteiger partial charge in [0.05, 0.1) is 15.5 Å². The monoisotopic (exact) mass is 358 g/mol. The number of para-hydroxylation sites is 1. The molecule has 0 spiro atoms. The molecule has 3 rings (SSSR count). The number of nitro groups is 1. The van der Waals surface area contributed by atoms with Gasteiger partial charge in [-0.05, 0) is 23.6 Å². The lowest BCUT2D eigenvalue weighted by atomic mass is 10.1. The molecule has 0 bridgehead atoms. The van der Waals surface area contributed by atoms with Gasteiger partial charge in [0.25, 0.3) is 11.6 Å². The Morgan fingerprint density at radius 3 is 2.62 bits per heavy atom. The van der Waals surface area contributed by atoms with E-state index < -0.39 is 10.8 Å². The third-order valence-electron chi connectivity index (χ3n) is 3.37. The fourth-order valence-corrected chi connectivity index (χ4v) is 3.20. The average molecular weight is 359 g/mol. The molecule has 1 heterocycles. The minimum atomic E-state index is -0.563. The number of benzene rings is 2. The highest BCUT2D eigenvalue weighted by Crippen LogP contribution is 2.32. The van der Waals surface area contributed by atoms with E-state index in [1.165, 1.54) is 18.2 Å². The number of halogens is 1. The minimum absolute atomic E-state index is 0.0619. The number of nitrogens with zero attached hydrogens (tertiary/aromatic N) is 1. The lowest BCUT2D eigenvalue weighted by molar-refractivity contribution is -0.384. The second-order valence-corrected chi connectivity index (χ2v) is 6.25. The summed E-state index contributed by atoms with van der Waals surface area (Å²) in [6.07, 6.45) is 0. The number of non-ortho nitro benzene ring substituents is 1. The molecule has 5 nitrogen and oxygen atoms in total. The van der Waals surface area contributed by atoms with Gasteiger partial charge in [-0.15, -0.1) is 11.3 Å². The smallest absolute Gasteiger partial charge is 0.270 e. The molecule has 1 amide bonds. The van der Waals surface area contributed by atoms with Crippen LogP contribution < -0.4 is 5.32 Å². The zero-order chi connectivity index (χ0) is 17.1. The maximum atomic E-state index is 12.5. The van der Waals surface area contributed by atoms with Gasteiger partial charge < -0.3 is 5.32 Å². The summed E-state index contributed by atoms with van der Waals surface area (Å²) in [5, 5.41) is 15.8. The summed E-state index contributed by atoms with van der Waals surface area (Å²) in [5.41, 5.74) is 1.37. The van der Waals surface area contributed by atoms with Crippen molar-refractivity contribution in [3.05, 3.63) is 80.7 Å². The third kappa shape index (κ3) is 3.29. The highest BCUT2D eigenvalue weighted by Gasteiger charge is 2.17. The van der Waals surface area contributed by atoms with Crippen LogP contribution in [0.15, 0.2) is 60.0 Å². The summed E-state index contributed by atoms with van der Waals surface area (Å²) in [7, 11) is 0. The van der Waals surface area contributed by atoms with E-state index in [1.807, 2.05) is 35.7 Å². The van der Waals surface area contributed by atoms with Crippen LogP contribution in [0.4, 0.5) is 11.4 Å². The van der Waals surface area contributed by atoms with Crippen LogP contribution in [0.5, 0.6) is 0 Å². The Morgan fingerprint density at radius 1 is 1.12 bits per heavy atom. The van der Waals surface area contributed by atoms with Crippen molar-refractivity contribution >= 4 is 40.2 Å². The number of thiophene rings is 1. The number of hydrogen-bond acceptors (Lipinski definition) is 4. The van der Waals surface area contributed by atoms with Gasteiger partial charge in [0.2, 0.25) is 0 Å². The van der Waals surface area contributed by atoms with E-state index in [9.17, 15) is 14.9 Å². The van der Waals surface area contributed by atoms with Crippen molar-refractivity contribution in [1.29, 1.82) is 0 Å². The van der Waals surface area contributed by atoms with Gasteiger partial charge in [0.1, 0.15) is 0 Å². The normalized spacial score (nSPS) is 10.4. The summed E-state index contributed by atoms with van der Waals surface area (Å²) in [4.78, 5) is 23.9. The SMILES string of the molecule is O=C(Nc1ccccc1-c1cccs1)c1cc([N+](=O)[O-])ccc1Cl. The van der Waals surface area contributed by atoms with Crippen LogP contribution in [0, 0.1) is 10.1 Å². The maximum absolute atomic E-state index is 12.5. The van der Waals surface area contributed by atoms with Crippen molar-refractivity contribution < 1.29 is 9.72 Å². The quantitative estimate of drug-likeness (QED) is 0.512. The number of anilines is 1. The number of rotatable bonds is 4. The van der Waals surface area contributed by atoms with Crippen LogP contribution in [0.2, 0.25) is 5.02 Å². The second kappa shape index (κ2) is 6.82. The molecule has 1 N–H and O–H groups in total. The molecule has 0 atom stereocenters. The molecule has 0 saturated carbocycles. The first kappa shape index (κ1) is 16.2. The lowest BCUT2D eigenvalue weighted by Crippen LogP contribution is -2.13. The molecule has 1 aromatic heterocycles. The summed E-state index contributed by atoms with van der Waals surface area (Å²) in [6.45, 7) is 0. The van der Waals surface area contributed by atoms with E-state index in [0.717, 1.165) is 10.4 Å². The van der Waals surface area contributed by atoms with Crippen molar-refractivity contribution in [2.45, 2.75) is 0 Å². The first-order chi connectivity index (χ1) is 11.6. The predicted octanol–water partition coefficient (Wildman–Crippen LogP) is 5.23.